The van der Waals surface area contributed by atoms with E-state index in [-0.39, 0.29) is 0 Å². The van der Waals surface area contributed by atoms with Crippen LogP contribution in [0.15, 0.2) is 0 Å². The average Bonchev–Trinajstić information content (AvgIpc) is 2.96. The third-order valence-corrected chi connectivity index (χ3v) is 8.94. The average molecular weight is 360 g/mol. The van der Waals surface area contributed by atoms with Gasteiger partial charge >= 0.3 is 0 Å². The molecule has 1 aliphatic heterocycles. The summed E-state index contributed by atoms with van der Waals surface area (Å²) in [6.45, 7) is 5.39. The molecular formula is C25H45N. The second-order valence-corrected chi connectivity index (χ2v) is 10.8. The van der Waals surface area contributed by atoms with Gasteiger partial charge in [-0.15, -0.1) is 0 Å². The molecule has 0 aromatic rings. The molecule has 26 heavy (non-hydrogen) atoms. The van der Waals surface area contributed by atoms with E-state index in [0.29, 0.717) is 0 Å². The Morgan fingerprint density at radius 1 is 0.462 bits per heavy atom. The van der Waals surface area contributed by atoms with Gasteiger partial charge in [-0.2, -0.15) is 0 Å². The first kappa shape index (κ1) is 19.3. The summed E-state index contributed by atoms with van der Waals surface area (Å²) in [6.07, 6.45) is 24.5. The molecule has 1 nitrogen and oxygen atoms in total. The van der Waals surface area contributed by atoms with E-state index in [1.807, 2.05) is 0 Å². The smallest absolute Gasteiger partial charge is 0.00956 e. The fourth-order valence-electron chi connectivity index (χ4n) is 7.29. The van der Waals surface area contributed by atoms with E-state index in [9.17, 15) is 0 Å². The third kappa shape index (κ3) is 4.86. The van der Waals surface area contributed by atoms with Gasteiger partial charge in [-0.1, -0.05) is 71.1 Å². The lowest BCUT2D eigenvalue weighted by Crippen LogP contribution is -2.43. The summed E-state index contributed by atoms with van der Waals surface area (Å²) in [5.41, 5.74) is 0. The Morgan fingerprint density at radius 2 is 0.962 bits per heavy atom. The van der Waals surface area contributed by atoms with Gasteiger partial charge in [-0.3, -0.25) is 4.90 Å². The third-order valence-electron chi connectivity index (χ3n) is 8.94. The second kappa shape index (κ2) is 9.44. The number of hydrogen-bond acceptors (Lipinski definition) is 1. The Bertz CT molecular complexity index is 396. The summed E-state index contributed by atoms with van der Waals surface area (Å²) in [5, 5.41) is 0. The molecule has 3 saturated carbocycles. The van der Waals surface area contributed by atoms with Crippen molar-refractivity contribution in [2.24, 2.45) is 29.6 Å². The molecule has 2 atom stereocenters. The van der Waals surface area contributed by atoms with E-state index in [4.69, 9.17) is 0 Å². The lowest BCUT2D eigenvalue weighted by molar-refractivity contribution is 0.0893. The van der Waals surface area contributed by atoms with E-state index in [0.717, 1.165) is 35.6 Å². The van der Waals surface area contributed by atoms with Crippen LogP contribution in [-0.2, 0) is 0 Å². The van der Waals surface area contributed by atoms with Crippen LogP contribution in [0.2, 0.25) is 0 Å². The monoisotopic (exact) mass is 359 g/mol. The van der Waals surface area contributed by atoms with Crippen molar-refractivity contribution in [3.8, 4) is 0 Å². The van der Waals surface area contributed by atoms with Crippen LogP contribution in [0.25, 0.3) is 0 Å². The van der Waals surface area contributed by atoms with Crippen LogP contribution < -0.4 is 0 Å². The van der Waals surface area contributed by atoms with Crippen molar-refractivity contribution in [3.05, 3.63) is 0 Å². The fraction of sp³-hybridized carbons (Fsp3) is 1.00. The van der Waals surface area contributed by atoms with Gasteiger partial charge < -0.3 is 0 Å². The van der Waals surface area contributed by atoms with E-state index >= 15 is 0 Å². The van der Waals surface area contributed by atoms with Gasteiger partial charge in [0.25, 0.3) is 0 Å². The molecular weight excluding hydrogens is 314 g/mol. The van der Waals surface area contributed by atoms with Crippen molar-refractivity contribution >= 4 is 0 Å². The zero-order chi connectivity index (χ0) is 17.8. The van der Waals surface area contributed by atoms with Crippen LogP contribution >= 0.6 is 0 Å². The number of rotatable bonds is 3. The van der Waals surface area contributed by atoms with Gasteiger partial charge in [-0.05, 0) is 68.1 Å². The van der Waals surface area contributed by atoms with Crippen molar-refractivity contribution in [1.29, 1.82) is 0 Å². The molecule has 1 heterocycles. The molecule has 0 spiro atoms. The van der Waals surface area contributed by atoms with Gasteiger partial charge in [0.2, 0.25) is 0 Å². The second-order valence-electron chi connectivity index (χ2n) is 10.8. The van der Waals surface area contributed by atoms with Crippen molar-refractivity contribution in [3.63, 3.8) is 0 Å². The highest BCUT2D eigenvalue weighted by atomic mass is 15.2. The molecule has 0 N–H and O–H groups in total. The van der Waals surface area contributed by atoms with Gasteiger partial charge in [0.05, 0.1) is 0 Å². The highest BCUT2D eigenvalue weighted by molar-refractivity contribution is 4.88. The fourth-order valence-corrected chi connectivity index (χ4v) is 7.29. The molecule has 1 heteroatoms. The quantitative estimate of drug-likeness (QED) is 0.488. The molecule has 150 valence electrons. The maximum atomic E-state index is 3.00. The topological polar surface area (TPSA) is 3.24 Å². The largest absolute Gasteiger partial charge is 0.300 e. The summed E-state index contributed by atoms with van der Waals surface area (Å²) in [6, 6.07) is 0.932. The van der Waals surface area contributed by atoms with Gasteiger partial charge in [0.1, 0.15) is 0 Å². The molecule has 1 saturated heterocycles. The molecule has 4 fully saturated rings. The van der Waals surface area contributed by atoms with Crippen LogP contribution in [0.1, 0.15) is 110 Å². The van der Waals surface area contributed by atoms with Gasteiger partial charge in [0.15, 0.2) is 0 Å². The zero-order valence-corrected chi connectivity index (χ0v) is 17.6. The first-order chi connectivity index (χ1) is 12.8. The van der Waals surface area contributed by atoms with Crippen LogP contribution in [0.4, 0.5) is 0 Å². The Kier molecular flexibility index (Phi) is 7.00. The van der Waals surface area contributed by atoms with Crippen molar-refractivity contribution in [2.75, 3.05) is 13.1 Å². The van der Waals surface area contributed by atoms with Crippen LogP contribution in [0.5, 0.6) is 0 Å². The maximum absolute atomic E-state index is 3.00. The van der Waals surface area contributed by atoms with Gasteiger partial charge in [-0.25, -0.2) is 0 Å². The minimum atomic E-state index is 0.931. The SMILES string of the molecule is CC1CCC(C2CCCC2)CN(C2CCC(C3CCCCCC3)CC2)C1. The summed E-state index contributed by atoms with van der Waals surface area (Å²) < 4.78 is 0. The van der Waals surface area contributed by atoms with E-state index in [2.05, 4.69) is 11.8 Å². The minimum Gasteiger partial charge on any atom is -0.300 e. The van der Waals surface area contributed by atoms with E-state index in [1.165, 1.54) is 77.3 Å². The lowest BCUT2D eigenvalue weighted by atomic mass is 9.75. The molecule has 2 unspecified atom stereocenters. The molecule has 0 amide bonds. The predicted molar refractivity (Wildman–Crippen MR) is 112 cm³/mol. The van der Waals surface area contributed by atoms with Gasteiger partial charge in [0, 0.05) is 19.1 Å². The van der Waals surface area contributed by atoms with Crippen LogP contribution in [0.3, 0.4) is 0 Å². The van der Waals surface area contributed by atoms with E-state index in [1.54, 1.807) is 38.5 Å². The summed E-state index contributed by atoms with van der Waals surface area (Å²) in [4.78, 5) is 3.00. The lowest BCUT2D eigenvalue weighted by Gasteiger charge is -2.41. The van der Waals surface area contributed by atoms with Crippen molar-refractivity contribution in [2.45, 2.75) is 116 Å². The Balaban J connectivity index is 1.31. The first-order valence-corrected chi connectivity index (χ1v) is 12.5. The van der Waals surface area contributed by atoms with Crippen LogP contribution in [0, 0.1) is 29.6 Å². The summed E-state index contributed by atoms with van der Waals surface area (Å²) >= 11 is 0. The zero-order valence-electron chi connectivity index (χ0n) is 17.6. The Labute approximate surface area is 163 Å². The normalized spacial score (nSPS) is 39.6. The predicted octanol–water partition coefficient (Wildman–Crippen LogP) is 7.05. The number of nitrogens with zero attached hydrogens (tertiary/aromatic N) is 1. The highest BCUT2D eigenvalue weighted by Crippen LogP contribution is 2.41. The summed E-state index contributed by atoms with van der Waals surface area (Å²) in [7, 11) is 0. The van der Waals surface area contributed by atoms with Crippen molar-refractivity contribution in [1.82, 2.24) is 4.90 Å². The number of likely N-dealkylation sites (tertiary alicyclic amines) is 1. The molecule has 0 aromatic carbocycles. The van der Waals surface area contributed by atoms with Crippen LogP contribution in [-0.4, -0.2) is 24.0 Å². The molecule has 3 aliphatic carbocycles. The first-order valence-electron chi connectivity index (χ1n) is 12.5. The standard InChI is InChI=1S/C25H45N/c1-20-12-13-24(22-10-6-7-11-22)19-26(18-20)25-16-14-23(15-17-25)21-8-4-2-3-5-9-21/h20-25H,2-19H2,1H3. The molecule has 0 bridgehead atoms. The molecule has 4 aliphatic rings. The molecule has 0 radical (unpaired) electrons. The van der Waals surface area contributed by atoms with Crippen molar-refractivity contribution < 1.29 is 0 Å². The Hall–Kier alpha value is -0.0400. The Morgan fingerprint density at radius 3 is 1.62 bits per heavy atom. The minimum absolute atomic E-state index is 0.931. The maximum Gasteiger partial charge on any atom is 0.00956 e. The highest BCUT2D eigenvalue weighted by Gasteiger charge is 2.35. The number of hydrogen-bond donors (Lipinski definition) is 0. The molecule has 0 aromatic heterocycles. The molecule has 4 rings (SSSR count). The van der Waals surface area contributed by atoms with E-state index < -0.39 is 0 Å². The summed E-state index contributed by atoms with van der Waals surface area (Å²) in [5.74, 6) is 5.21.